The van der Waals surface area contributed by atoms with Crippen molar-refractivity contribution >= 4 is 17.4 Å². The van der Waals surface area contributed by atoms with E-state index in [1.54, 1.807) is 14.2 Å². The van der Waals surface area contributed by atoms with Crippen LogP contribution in [0.5, 0.6) is 0 Å². The summed E-state index contributed by atoms with van der Waals surface area (Å²) in [6.07, 6.45) is 1.72. The van der Waals surface area contributed by atoms with Gasteiger partial charge in [0.15, 0.2) is 0 Å². The summed E-state index contributed by atoms with van der Waals surface area (Å²) in [7, 11) is -1.33. The second-order valence-corrected chi connectivity index (χ2v) is 11.8. The highest BCUT2D eigenvalue weighted by atomic mass is 28.4. The van der Waals surface area contributed by atoms with E-state index >= 15 is 0 Å². The molecule has 0 aromatic rings. The Bertz CT molecular complexity index is 280. The van der Waals surface area contributed by atoms with Gasteiger partial charge in [0, 0.05) is 39.7 Å². The van der Waals surface area contributed by atoms with Crippen molar-refractivity contribution < 1.29 is 22.1 Å². The topological polar surface area (TPSA) is 98.2 Å². The molecule has 0 amide bonds. The first-order valence-electron chi connectivity index (χ1n) is 8.80. The summed E-state index contributed by atoms with van der Waals surface area (Å²) in [5.41, 5.74) is 11.7. The molecule has 0 saturated carbocycles. The molecule has 0 saturated heterocycles. The fourth-order valence-corrected chi connectivity index (χ4v) is 6.17. The van der Waals surface area contributed by atoms with E-state index in [4.69, 9.17) is 33.6 Å². The van der Waals surface area contributed by atoms with Crippen LogP contribution < -0.4 is 11.5 Å². The van der Waals surface area contributed by atoms with E-state index in [2.05, 4.69) is 0 Å². The predicted molar refractivity (Wildman–Crippen MR) is 103 cm³/mol. The number of hydrogen-bond donors (Lipinski definition) is 2. The highest BCUT2D eigenvalue weighted by Crippen LogP contribution is 2.15. The Kier molecular flexibility index (Phi) is 15.8. The van der Waals surface area contributed by atoms with Gasteiger partial charge in [0.1, 0.15) is 0 Å². The average Bonchev–Trinajstić information content (AvgIpc) is 2.60. The summed E-state index contributed by atoms with van der Waals surface area (Å²) in [5.74, 6) is 0. The Morgan fingerprint density at radius 2 is 1.04 bits per heavy atom. The van der Waals surface area contributed by atoms with Gasteiger partial charge in [0.25, 0.3) is 0 Å². The Balaban J connectivity index is 0. The molecule has 0 bridgehead atoms. The van der Waals surface area contributed by atoms with E-state index in [9.17, 15) is 0 Å². The molecule has 0 radical (unpaired) electrons. The van der Waals surface area contributed by atoms with Crippen molar-refractivity contribution in [2.24, 2.45) is 11.5 Å². The zero-order chi connectivity index (χ0) is 19.2. The largest absolute Gasteiger partial charge is 0.518 e. The lowest BCUT2D eigenvalue weighted by molar-refractivity contribution is 0.0618. The molecule has 0 aromatic heterocycles. The molecule has 0 spiro atoms. The lowest BCUT2D eigenvalue weighted by Gasteiger charge is -2.32. The van der Waals surface area contributed by atoms with Gasteiger partial charge in [0.2, 0.25) is 0 Å². The molecular formula is C15H40N2O5Si2. The average molecular weight is 385 g/mol. The Morgan fingerprint density at radius 1 is 0.708 bits per heavy atom. The summed E-state index contributed by atoms with van der Waals surface area (Å²) in [6.45, 7) is 13.6. The smallest absolute Gasteiger partial charge is 0.397 e. The molecule has 0 rings (SSSR count). The van der Waals surface area contributed by atoms with Gasteiger partial charge in [-0.15, -0.1) is 0 Å². The van der Waals surface area contributed by atoms with Crippen LogP contribution in [0.3, 0.4) is 0 Å². The highest BCUT2D eigenvalue weighted by Gasteiger charge is 2.46. The van der Waals surface area contributed by atoms with Gasteiger partial charge < -0.3 is 33.6 Å². The van der Waals surface area contributed by atoms with Crippen molar-refractivity contribution in [3.63, 3.8) is 0 Å². The third kappa shape index (κ3) is 8.50. The quantitative estimate of drug-likeness (QED) is 0.496. The normalized spacial score (nSPS) is 14.8. The first-order valence-corrected chi connectivity index (χ1v) is 13.0. The van der Waals surface area contributed by atoms with Crippen LogP contribution in [0.4, 0.5) is 0 Å². The summed E-state index contributed by atoms with van der Waals surface area (Å²) >= 11 is 0. The SMILES string of the molecule is CCC(N)[Si](C)(OC)OC.CCO[Si](OCC)(OCC)C(N)CC. The van der Waals surface area contributed by atoms with Crippen LogP contribution in [0.25, 0.3) is 0 Å². The highest BCUT2D eigenvalue weighted by molar-refractivity contribution is 6.67. The van der Waals surface area contributed by atoms with Gasteiger partial charge in [-0.05, 0) is 40.2 Å². The van der Waals surface area contributed by atoms with Crippen LogP contribution in [0.2, 0.25) is 6.55 Å². The number of hydrogen-bond acceptors (Lipinski definition) is 7. The third-order valence-electron chi connectivity index (χ3n) is 3.85. The van der Waals surface area contributed by atoms with Crippen LogP contribution in [0, 0.1) is 0 Å². The van der Waals surface area contributed by atoms with Crippen molar-refractivity contribution in [1.82, 2.24) is 0 Å². The van der Waals surface area contributed by atoms with Gasteiger partial charge >= 0.3 is 17.4 Å². The van der Waals surface area contributed by atoms with Crippen LogP contribution in [-0.2, 0) is 22.1 Å². The van der Waals surface area contributed by atoms with Crippen molar-refractivity contribution in [3.8, 4) is 0 Å². The molecular weight excluding hydrogens is 344 g/mol. The monoisotopic (exact) mass is 384 g/mol. The standard InChI is InChI=1S/C9H23NO3Si.C6H17NO2Si/c1-5-9(10)14(11-6-2,12-7-3)13-8-4;1-5-6(7)10(4,8-2)9-3/h9H,5-8,10H2,1-4H3;6H,5,7H2,1-4H3. The summed E-state index contributed by atoms with van der Waals surface area (Å²) in [4.78, 5) is 0. The van der Waals surface area contributed by atoms with E-state index in [1.807, 2.05) is 41.2 Å². The lowest BCUT2D eigenvalue weighted by Crippen LogP contribution is -2.60. The van der Waals surface area contributed by atoms with Crippen LogP contribution in [0.1, 0.15) is 47.5 Å². The van der Waals surface area contributed by atoms with Gasteiger partial charge in [-0.25, -0.2) is 0 Å². The van der Waals surface area contributed by atoms with Gasteiger partial charge in [-0.2, -0.15) is 0 Å². The van der Waals surface area contributed by atoms with E-state index in [0.717, 1.165) is 12.8 Å². The third-order valence-corrected chi connectivity index (χ3v) is 10.6. The van der Waals surface area contributed by atoms with Gasteiger partial charge in [-0.1, -0.05) is 13.8 Å². The van der Waals surface area contributed by atoms with E-state index in [0.29, 0.717) is 19.8 Å². The second kappa shape index (κ2) is 14.3. The molecule has 0 heterocycles. The Hall–Kier alpha value is 0.154. The van der Waals surface area contributed by atoms with Crippen molar-refractivity contribution in [2.75, 3.05) is 34.0 Å². The molecule has 0 aliphatic rings. The summed E-state index contributed by atoms with van der Waals surface area (Å²) in [6, 6.07) is 0. The Labute approximate surface area is 150 Å². The van der Waals surface area contributed by atoms with Gasteiger partial charge in [0.05, 0.1) is 5.67 Å². The van der Waals surface area contributed by atoms with E-state index in [1.165, 1.54) is 0 Å². The molecule has 2 atom stereocenters. The Morgan fingerprint density at radius 3 is 1.21 bits per heavy atom. The minimum atomic E-state index is -2.62. The second-order valence-electron chi connectivity index (χ2n) is 5.36. The van der Waals surface area contributed by atoms with Crippen LogP contribution in [0.15, 0.2) is 0 Å². The molecule has 0 aliphatic heterocycles. The molecule has 24 heavy (non-hydrogen) atoms. The predicted octanol–water partition coefficient (Wildman–Crippen LogP) is 1.94. The van der Waals surface area contributed by atoms with Crippen molar-refractivity contribution in [2.45, 2.75) is 65.3 Å². The fraction of sp³-hybridized carbons (Fsp3) is 1.00. The molecule has 4 N–H and O–H groups in total. The molecule has 148 valence electrons. The zero-order valence-corrected chi connectivity index (χ0v) is 18.9. The molecule has 0 aromatic carbocycles. The summed E-state index contributed by atoms with van der Waals surface area (Å²) < 4.78 is 27.4. The zero-order valence-electron chi connectivity index (χ0n) is 16.9. The molecule has 9 heteroatoms. The summed E-state index contributed by atoms with van der Waals surface area (Å²) in [5, 5.41) is 0. The molecule has 2 unspecified atom stereocenters. The van der Waals surface area contributed by atoms with E-state index < -0.39 is 17.4 Å². The maximum absolute atomic E-state index is 6.00. The molecule has 0 aliphatic carbocycles. The number of rotatable bonds is 12. The maximum Gasteiger partial charge on any atom is 0.518 e. The minimum absolute atomic E-state index is 0.0718. The lowest BCUT2D eigenvalue weighted by atomic mass is 10.5. The van der Waals surface area contributed by atoms with Crippen molar-refractivity contribution in [1.29, 1.82) is 0 Å². The van der Waals surface area contributed by atoms with Gasteiger partial charge in [-0.3, -0.25) is 0 Å². The fourth-order valence-electron chi connectivity index (χ4n) is 2.06. The van der Waals surface area contributed by atoms with Crippen molar-refractivity contribution in [3.05, 3.63) is 0 Å². The minimum Gasteiger partial charge on any atom is -0.397 e. The van der Waals surface area contributed by atoms with E-state index in [-0.39, 0.29) is 11.3 Å². The first kappa shape index (κ1) is 26.4. The molecule has 7 nitrogen and oxygen atoms in total. The maximum atomic E-state index is 6.00. The van der Waals surface area contributed by atoms with Crippen LogP contribution >= 0.6 is 0 Å². The number of nitrogens with two attached hydrogens (primary N) is 2. The first-order chi connectivity index (χ1) is 11.3. The molecule has 0 fully saturated rings. The van der Waals surface area contributed by atoms with Crippen LogP contribution in [-0.4, -0.2) is 62.7 Å².